The summed E-state index contributed by atoms with van der Waals surface area (Å²) in [6.07, 6.45) is 0. The van der Waals surface area contributed by atoms with Gasteiger partial charge in [-0.3, -0.25) is 4.79 Å². The fourth-order valence-electron chi connectivity index (χ4n) is 1.92. The second-order valence-electron chi connectivity index (χ2n) is 3.78. The molecule has 0 bridgehead atoms. The highest BCUT2D eigenvalue weighted by atomic mass is 35.5. The minimum absolute atomic E-state index is 0. The van der Waals surface area contributed by atoms with Crippen LogP contribution in [-0.4, -0.2) is 32.7 Å². The predicted octanol–water partition coefficient (Wildman–Crippen LogP) is 1.19. The van der Waals surface area contributed by atoms with Gasteiger partial charge in [-0.15, -0.1) is 12.4 Å². The number of nitrogens with zero attached hydrogens (tertiary/aromatic N) is 1. The van der Waals surface area contributed by atoms with Crippen molar-refractivity contribution in [3.8, 4) is 0 Å². The summed E-state index contributed by atoms with van der Waals surface area (Å²) in [4.78, 5) is 13.7. The van der Waals surface area contributed by atoms with Gasteiger partial charge >= 0.3 is 0 Å². The molecule has 1 aromatic carbocycles. The molecule has 17 heavy (non-hydrogen) atoms. The summed E-state index contributed by atoms with van der Waals surface area (Å²) in [5, 5.41) is 3.30. The molecule has 1 heterocycles. The Morgan fingerprint density at radius 2 is 2.24 bits per heavy atom. The minimum Gasteiger partial charge on any atom is -0.375 e. The van der Waals surface area contributed by atoms with Gasteiger partial charge in [-0.1, -0.05) is 18.2 Å². The highest BCUT2D eigenvalue weighted by Gasteiger charge is 2.19. The summed E-state index contributed by atoms with van der Waals surface area (Å²) in [5.41, 5.74) is 2.15. The number of carbonyl (C=O) groups excluding carboxylic acids is 1. The van der Waals surface area contributed by atoms with Gasteiger partial charge in [-0.2, -0.15) is 0 Å². The van der Waals surface area contributed by atoms with E-state index in [2.05, 4.69) is 5.32 Å². The van der Waals surface area contributed by atoms with E-state index < -0.39 is 0 Å². The molecule has 1 amide bonds. The maximum atomic E-state index is 11.9. The van der Waals surface area contributed by atoms with Crippen LogP contribution in [0.3, 0.4) is 0 Å². The van der Waals surface area contributed by atoms with Gasteiger partial charge < -0.3 is 15.0 Å². The lowest BCUT2D eigenvalue weighted by Gasteiger charge is -2.22. The van der Waals surface area contributed by atoms with Gasteiger partial charge in [0, 0.05) is 32.4 Å². The van der Waals surface area contributed by atoms with Crippen LogP contribution in [0.15, 0.2) is 24.3 Å². The van der Waals surface area contributed by atoms with Gasteiger partial charge in [-0.25, -0.2) is 0 Å². The Labute approximate surface area is 107 Å². The minimum atomic E-state index is 0. The zero-order chi connectivity index (χ0) is 11.4. The van der Waals surface area contributed by atoms with Crippen molar-refractivity contribution < 1.29 is 9.53 Å². The molecule has 4 nitrogen and oxygen atoms in total. The number of methoxy groups -OCH3 is 1. The van der Waals surface area contributed by atoms with E-state index in [9.17, 15) is 4.79 Å². The number of hydrogen-bond donors (Lipinski definition) is 1. The Kier molecular flexibility index (Phi) is 5.41. The second kappa shape index (κ2) is 6.59. The summed E-state index contributed by atoms with van der Waals surface area (Å²) in [6, 6.07) is 7.97. The summed E-state index contributed by atoms with van der Waals surface area (Å²) in [7, 11) is 1.54. The van der Waals surface area contributed by atoms with Crippen molar-refractivity contribution in [2.45, 2.75) is 6.54 Å². The van der Waals surface area contributed by atoms with E-state index in [1.165, 1.54) is 0 Å². The van der Waals surface area contributed by atoms with E-state index in [-0.39, 0.29) is 24.9 Å². The first-order chi connectivity index (χ1) is 7.83. The van der Waals surface area contributed by atoms with E-state index in [1.54, 1.807) is 12.0 Å². The van der Waals surface area contributed by atoms with Gasteiger partial charge in [0.25, 0.3) is 5.91 Å². The first kappa shape index (κ1) is 14.0. The molecule has 0 spiro atoms. The molecule has 2 rings (SSSR count). The standard InChI is InChI=1S/C12H16N2O2.ClH/c1-16-9-12(15)14-7-6-13-8-10-4-2-3-5-11(10)14;/h2-5,13H,6-9H2,1H3;1H. The van der Waals surface area contributed by atoms with Crippen LogP contribution in [0.25, 0.3) is 0 Å². The smallest absolute Gasteiger partial charge is 0.253 e. The molecule has 0 unspecified atom stereocenters. The largest absolute Gasteiger partial charge is 0.375 e. The monoisotopic (exact) mass is 256 g/mol. The van der Waals surface area contributed by atoms with E-state index >= 15 is 0 Å². The summed E-state index contributed by atoms with van der Waals surface area (Å²) in [6.45, 7) is 2.45. The Bertz CT molecular complexity index is 385. The fraction of sp³-hybridized carbons (Fsp3) is 0.417. The van der Waals surface area contributed by atoms with Crippen LogP contribution in [0, 0.1) is 0 Å². The third-order valence-electron chi connectivity index (χ3n) is 2.68. The Morgan fingerprint density at radius 1 is 1.47 bits per heavy atom. The molecule has 0 saturated carbocycles. The van der Waals surface area contributed by atoms with Gasteiger partial charge in [0.05, 0.1) is 0 Å². The number of anilines is 1. The van der Waals surface area contributed by atoms with Crippen molar-refractivity contribution >= 4 is 24.0 Å². The molecule has 94 valence electrons. The average Bonchev–Trinajstić information content (AvgIpc) is 2.51. The molecule has 5 heteroatoms. The van der Waals surface area contributed by atoms with Crippen LogP contribution in [0.4, 0.5) is 5.69 Å². The van der Waals surface area contributed by atoms with Gasteiger partial charge in [0.2, 0.25) is 0 Å². The zero-order valence-corrected chi connectivity index (χ0v) is 10.6. The van der Waals surface area contributed by atoms with E-state index in [4.69, 9.17) is 4.74 Å². The average molecular weight is 257 g/mol. The van der Waals surface area contributed by atoms with Crippen molar-refractivity contribution in [2.24, 2.45) is 0 Å². The Morgan fingerprint density at radius 3 is 3.00 bits per heavy atom. The van der Waals surface area contributed by atoms with Crippen LogP contribution in [0.5, 0.6) is 0 Å². The number of carbonyl (C=O) groups is 1. The molecule has 0 aromatic heterocycles. The van der Waals surface area contributed by atoms with Crippen LogP contribution in [0.2, 0.25) is 0 Å². The number of para-hydroxylation sites is 1. The normalized spacial score (nSPS) is 14.5. The van der Waals surface area contributed by atoms with Crippen molar-refractivity contribution in [1.82, 2.24) is 5.32 Å². The number of rotatable bonds is 2. The molecule has 1 aliphatic rings. The van der Waals surface area contributed by atoms with E-state index in [1.807, 2.05) is 24.3 Å². The maximum Gasteiger partial charge on any atom is 0.253 e. The van der Waals surface area contributed by atoms with Crippen LogP contribution in [-0.2, 0) is 16.1 Å². The molecule has 0 radical (unpaired) electrons. The number of nitrogens with one attached hydrogen (secondary N) is 1. The molecular weight excluding hydrogens is 240 g/mol. The Hall–Kier alpha value is -1.10. The Balaban J connectivity index is 0.00000144. The van der Waals surface area contributed by atoms with Crippen LogP contribution >= 0.6 is 12.4 Å². The van der Waals surface area contributed by atoms with Crippen LogP contribution < -0.4 is 10.2 Å². The third-order valence-corrected chi connectivity index (χ3v) is 2.68. The lowest BCUT2D eigenvalue weighted by Crippen LogP contribution is -2.37. The first-order valence-corrected chi connectivity index (χ1v) is 5.41. The molecule has 1 aromatic rings. The quantitative estimate of drug-likeness (QED) is 0.864. The summed E-state index contributed by atoms with van der Waals surface area (Å²) < 4.78 is 4.90. The van der Waals surface area contributed by atoms with Gasteiger partial charge in [0.15, 0.2) is 0 Å². The topological polar surface area (TPSA) is 41.6 Å². The number of ether oxygens (including phenoxy) is 1. The van der Waals surface area contributed by atoms with E-state index in [0.29, 0.717) is 6.54 Å². The molecule has 1 N–H and O–H groups in total. The number of amides is 1. The second-order valence-corrected chi connectivity index (χ2v) is 3.78. The highest BCUT2D eigenvalue weighted by Crippen LogP contribution is 2.21. The lowest BCUT2D eigenvalue weighted by molar-refractivity contribution is -0.122. The molecule has 0 atom stereocenters. The summed E-state index contributed by atoms with van der Waals surface area (Å²) >= 11 is 0. The lowest BCUT2D eigenvalue weighted by atomic mass is 10.1. The summed E-state index contributed by atoms with van der Waals surface area (Å²) in [5.74, 6) is 0.0126. The van der Waals surface area contributed by atoms with Gasteiger partial charge in [0.1, 0.15) is 6.61 Å². The molecule has 0 fully saturated rings. The maximum absolute atomic E-state index is 11.9. The van der Waals surface area contributed by atoms with Crippen molar-refractivity contribution in [3.05, 3.63) is 29.8 Å². The zero-order valence-electron chi connectivity index (χ0n) is 9.81. The first-order valence-electron chi connectivity index (χ1n) is 5.41. The van der Waals surface area contributed by atoms with Crippen LogP contribution in [0.1, 0.15) is 5.56 Å². The number of benzene rings is 1. The van der Waals surface area contributed by atoms with Gasteiger partial charge in [-0.05, 0) is 11.6 Å². The molecular formula is C12H17ClN2O2. The van der Waals surface area contributed by atoms with Crippen molar-refractivity contribution in [3.63, 3.8) is 0 Å². The molecule has 0 aliphatic carbocycles. The molecule has 1 aliphatic heterocycles. The van der Waals surface area contributed by atoms with Crippen molar-refractivity contribution in [1.29, 1.82) is 0 Å². The third kappa shape index (κ3) is 3.19. The van der Waals surface area contributed by atoms with Crippen molar-refractivity contribution in [2.75, 3.05) is 31.7 Å². The predicted molar refractivity (Wildman–Crippen MR) is 69.6 cm³/mol. The SMILES string of the molecule is COCC(=O)N1CCNCc2ccccc21.Cl. The number of hydrogen-bond acceptors (Lipinski definition) is 3. The fourth-order valence-corrected chi connectivity index (χ4v) is 1.92. The molecule has 0 saturated heterocycles. The highest BCUT2D eigenvalue weighted by molar-refractivity contribution is 5.95. The van der Waals surface area contributed by atoms with E-state index in [0.717, 1.165) is 24.3 Å². The number of fused-ring (bicyclic) bond motifs is 1. The number of halogens is 1.